The standard InChI is InChI=1S/C19H27N3O5.ClH/c1-25-15-10-17(27-3)16(26-2)9-14(15)19(24)21-7-4-5-13(12-21)22-8-6-20-11-18(22)23;/h9-10,13,20H,4-8,11-12H2,1-3H3;1H. The summed E-state index contributed by atoms with van der Waals surface area (Å²) in [5.41, 5.74) is 0.433. The molecule has 2 saturated heterocycles. The van der Waals surface area contributed by atoms with E-state index in [4.69, 9.17) is 14.2 Å². The predicted molar refractivity (Wildman–Crippen MR) is 107 cm³/mol. The number of halogens is 1. The van der Waals surface area contributed by atoms with Gasteiger partial charge in [0.15, 0.2) is 11.5 Å². The molecule has 1 unspecified atom stereocenters. The van der Waals surface area contributed by atoms with Gasteiger partial charge in [-0.15, -0.1) is 12.4 Å². The summed E-state index contributed by atoms with van der Waals surface area (Å²) in [4.78, 5) is 29.1. The van der Waals surface area contributed by atoms with Crippen molar-refractivity contribution in [1.29, 1.82) is 0 Å². The Kier molecular flexibility index (Phi) is 7.77. The summed E-state index contributed by atoms with van der Waals surface area (Å²) in [5.74, 6) is 1.41. The number of nitrogens with one attached hydrogen (secondary N) is 1. The van der Waals surface area contributed by atoms with E-state index >= 15 is 0 Å². The van der Waals surface area contributed by atoms with Gasteiger partial charge in [-0.2, -0.15) is 0 Å². The van der Waals surface area contributed by atoms with E-state index in [1.165, 1.54) is 14.2 Å². The van der Waals surface area contributed by atoms with E-state index in [0.29, 0.717) is 49.0 Å². The number of ether oxygens (including phenoxy) is 3. The van der Waals surface area contributed by atoms with Crippen LogP contribution in [0.3, 0.4) is 0 Å². The summed E-state index contributed by atoms with van der Waals surface area (Å²) < 4.78 is 16.0. The van der Waals surface area contributed by atoms with E-state index in [1.54, 1.807) is 24.1 Å². The van der Waals surface area contributed by atoms with Crippen LogP contribution in [-0.4, -0.2) is 81.7 Å². The number of piperidine rings is 1. The van der Waals surface area contributed by atoms with Crippen LogP contribution in [0.15, 0.2) is 12.1 Å². The molecule has 0 spiro atoms. The van der Waals surface area contributed by atoms with Crippen molar-refractivity contribution in [2.24, 2.45) is 0 Å². The van der Waals surface area contributed by atoms with Crippen LogP contribution in [0.1, 0.15) is 23.2 Å². The summed E-state index contributed by atoms with van der Waals surface area (Å²) in [5, 5.41) is 3.09. The minimum absolute atomic E-state index is 0. The van der Waals surface area contributed by atoms with E-state index in [-0.39, 0.29) is 30.3 Å². The van der Waals surface area contributed by atoms with Crippen molar-refractivity contribution in [3.8, 4) is 17.2 Å². The SMILES string of the molecule is COc1cc(OC)c(C(=O)N2CCCC(N3CCNCC3=O)C2)cc1OC.Cl. The molecule has 0 saturated carbocycles. The number of hydrogen-bond donors (Lipinski definition) is 1. The van der Waals surface area contributed by atoms with Crippen LogP contribution in [0.4, 0.5) is 0 Å². The largest absolute Gasteiger partial charge is 0.496 e. The van der Waals surface area contributed by atoms with Gasteiger partial charge in [-0.1, -0.05) is 0 Å². The van der Waals surface area contributed by atoms with Crippen LogP contribution in [0.2, 0.25) is 0 Å². The van der Waals surface area contributed by atoms with Gasteiger partial charge < -0.3 is 29.3 Å². The number of rotatable bonds is 5. The Morgan fingerprint density at radius 1 is 1.07 bits per heavy atom. The molecule has 28 heavy (non-hydrogen) atoms. The fourth-order valence-electron chi connectivity index (χ4n) is 3.77. The van der Waals surface area contributed by atoms with Gasteiger partial charge in [-0.05, 0) is 12.8 Å². The molecular weight excluding hydrogens is 386 g/mol. The number of amides is 2. The van der Waals surface area contributed by atoms with E-state index in [1.807, 2.05) is 4.90 Å². The fourth-order valence-corrected chi connectivity index (χ4v) is 3.77. The molecule has 2 aliphatic heterocycles. The third-order valence-electron chi connectivity index (χ3n) is 5.19. The van der Waals surface area contributed by atoms with E-state index in [0.717, 1.165) is 19.4 Å². The molecule has 0 aliphatic carbocycles. The van der Waals surface area contributed by atoms with Crippen LogP contribution >= 0.6 is 12.4 Å². The third kappa shape index (κ3) is 4.44. The normalized spacial score (nSPS) is 19.7. The molecule has 8 nitrogen and oxygen atoms in total. The van der Waals surface area contributed by atoms with Crippen molar-refractivity contribution >= 4 is 24.2 Å². The molecule has 2 heterocycles. The Morgan fingerprint density at radius 2 is 1.75 bits per heavy atom. The smallest absolute Gasteiger partial charge is 0.257 e. The fraction of sp³-hybridized carbons (Fsp3) is 0.579. The number of benzene rings is 1. The van der Waals surface area contributed by atoms with E-state index in [9.17, 15) is 9.59 Å². The summed E-state index contributed by atoms with van der Waals surface area (Å²) in [6, 6.07) is 3.37. The van der Waals surface area contributed by atoms with Gasteiger partial charge in [0.05, 0.1) is 33.4 Å². The van der Waals surface area contributed by atoms with E-state index in [2.05, 4.69) is 5.32 Å². The molecule has 0 bridgehead atoms. The number of nitrogens with zero attached hydrogens (tertiary/aromatic N) is 2. The predicted octanol–water partition coefficient (Wildman–Crippen LogP) is 1.17. The van der Waals surface area contributed by atoms with Gasteiger partial charge in [0.25, 0.3) is 5.91 Å². The second-order valence-electron chi connectivity index (χ2n) is 6.72. The van der Waals surface area contributed by atoms with Gasteiger partial charge in [0.2, 0.25) is 5.91 Å². The number of methoxy groups -OCH3 is 3. The number of likely N-dealkylation sites (tertiary alicyclic amines) is 1. The first-order chi connectivity index (χ1) is 13.1. The van der Waals surface area contributed by atoms with Gasteiger partial charge in [-0.25, -0.2) is 0 Å². The molecular formula is C19H28ClN3O5. The first-order valence-corrected chi connectivity index (χ1v) is 9.18. The molecule has 9 heteroatoms. The molecule has 0 radical (unpaired) electrons. The highest BCUT2D eigenvalue weighted by Gasteiger charge is 2.33. The number of hydrogen-bond acceptors (Lipinski definition) is 6. The lowest BCUT2D eigenvalue weighted by atomic mass is 10.0. The molecule has 1 aromatic carbocycles. The molecule has 0 aromatic heterocycles. The van der Waals surface area contributed by atoms with Crippen molar-refractivity contribution < 1.29 is 23.8 Å². The highest BCUT2D eigenvalue weighted by atomic mass is 35.5. The molecule has 1 N–H and O–H groups in total. The number of carbonyl (C=O) groups is 2. The van der Waals surface area contributed by atoms with Crippen LogP contribution < -0.4 is 19.5 Å². The second kappa shape index (κ2) is 9.84. The van der Waals surface area contributed by atoms with Crippen LogP contribution in [0, 0.1) is 0 Å². The zero-order valence-electron chi connectivity index (χ0n) is 16.5. The maximum absolute atomic E-state index is 13.2. The summed E-state index contributed by atoms with van der Waals surface area (Å²) in [6.07, 6.45) is 1.78. The Morgan fingerprint density at radius 3 is 2.39 bits per heavy atom. The summed E-state index contributed by atoms with van der Waals surface area (Å²) >= 11 is 0. The lowest BCUT2D eigenvalue weighted by Gasteiger charge is -2.41. The molecule has 1 atom stereocenters. The number of piperazine rings is 1. The van der Waals surface area contributed by atoms with Crippen molar-refractivity contribution in [2.45, 2.75) is 18.9 Å². The molecule has 3 rings (SSSR count). The minimum Gasteiger partial charge on any atom is -0.496 e. The quantitative estimate of drug-likeness (QED) is 0.780. The molecule has 2 fully saturated rings. The van der Waals surface area contributed by atoms with Crippen LogP contribution in [0.5, 0.6) is 17.2 Å². The summed E-state index contributed by atoms with van der Waals surface area (Å²) in [7, 11) is 4.60. The first kappa shape index (κ1) is 22.1. The average molecular weight is 414 g/mol. The maximum atomic E-state index is 13.2. The molecule has 2 aliphatic rings. The second-order valence-corrected chi connectivity index (χ2v) is 6.72. The minimum atomic E-state index is -0.125. The molecule has 1 aromatic rings. The topological polar surface area (TPSA) is 80.3 Å². The Balaban J connectivity index is 0.00000280. The van der Waals surface area contributed by atoms with Crippen molar-refractivity contribution in [2.75, 3.05) is 54.1 Å². The Bertz CT molecular complexity index is 715. The highest BCUT2D eigenvalue weighted by molar-refractivity contribution is 5.98. The third-order valence-corrected chi connectivity index (χ3v) is 5.19. The van der Waals surface area contributed by atoms with Gasteiger partial charge in [0, 0.05) is 44.4 Å². The number of carbonyl (C=O) groups excluding carboxylic acids is 2. The van der Waals surface area contributed by atoms with Crippen molar-refractivity contribution in [3.05, 3.63) is 17.7 Å². The average Bonchev–Trinajstić information content (AvgIpc) is 2.72. The van der Waals surface area contributed by atoms with E-state index < -0.39 is 0 Å². The highest BCUT2D eigenvalue weighted by Crippen LogP contribution is 2.35. The van der Waals surface area contributed by atoms with Gasteiger partial charge in [-0.3, -0.25) is 9.59 Å². The Labute approximate surface area is 171 Å². The van der Waals surface area contributed by atoms with Crippen molar-refractivity contribution in [3.63, 3.8) is 0 Å². The Hall–Kier alpha value is -2.19. The summed E-state index contributed by atoms with van der Waals surface area (Å²) in [6.45, 7) is 3.04. The van der Waals surface area contributed by atoms with Crippen LogP contribution in [0.25, 0.3) is 0 Å². The maximum Gasteiger partial charge on any atom is 0.257 e. The molecule has 2 amide bonds. The zero-order valence-corrected chi connectivity index (χ0v) is 17.3. The van der Waals surface area contributed by atoms with Crippen LogP contribution in [-0.2, 0) is 4.79 Å². The first-order valence-electron chi connectivity index (χ1n) is 9.18. The zero-order chi connectivity index (χ0) is 19.4. The van der Waals surface area contributed by atoms with Gasteiger partial charge in [0.1, 0.15) is 5.75 Å². The van der Waals surface area contributed by atoms with Gasteiger partial charge >= 0.3 is 0 Å². The lowest BCUT2D eigenvalue weighted by molar-refractivity contribution is -0.135. The monoisotopic (exact) mass is 413 g/mol. The lowest BCUT2D eigenvalue weighted by Crippen LogP contribution is -2.57. The van der Waals surface area contributed by atoms with Crippen molar-refractivity contribution in [1.82, 2.24) is 15.1 Å². The molecule has 156 valence electrons.